The van der Waals surface area contributed by atoms with Crippen molar-refractivity contribution in [2.75, 3.05) is 6.54 Å². The molecule has 0 aliphatic heterocycles. The van der Waals surface area contributed by atoms with Crippen LogP contribution in [0.1, 0.15) is 18.4 Å². The normalized spacial score (nSPS) is 11.2. The first-order chi connectivity index (χ1) is 8.15. The molecule has 4 nitrogen and oxygen atoms in total. The highest BCUT2D eigenvalue weighted by Crippen LogP contribution is 2.15. The number of unbranched alkanes of at least 4 members (excludes halogenated alkanes) is 1. The van der Waals surface area contributed by atoms with Crippen molar-refractivity contribution in [3.05, 3.63) is 34.2 Å². The van der Waals surface area contributed by atoms with Crippen LogP contribution >= 0.6 is 0 Å². The molecule has 4 heteroatoms. The van der Waals surface area contributed by atoms with E-state index in [-0.39, 0.29) is 5.69 Å². The summed E-state index contributed by atoms with van der Waals surface area (Å²) in [4.78, 5) is 11.8. The van der Waals surface area contributed by atoms with E-state index in [0.717, 1.165) is 36.8 Å². The minimum Gasteiger partial charge on any atom is -0.330 e. The maximum absolute atomic E-state index is 11.8. The topological polar surface area (TPSA) is 53.0 Å². The molecule has 0 atom stereocenters. The molecule has 1 aromatic heterocycles. The van der Waals surface area contributed by atoms with Crippen LogP contribution in [0.5, 0.6) is 0 Å². The third-order valence-electron chi connectivity index (χ3n) is 3.26. The van der Waals surface area contributed by atoms with Crippen LogP contribution < -0.4 is 11.4 Å². The van der Waals surface area contributed by atoms with Gasteiger partial charge in [0, 0.05) is 14.1 Å². The van der Waals surface area contributed by atoms with Crippen LogP contribution in [-0.4, -0.2) is 15.7 Å². The summed E-state index contributed by atoms with van der Waals surface area (Å²) in [5, 5.41) is 0. The lowest BCUT2D eigenvalue weighted by Gasteiger charge is -2.02. The summed E-state index contributed by atoms with van der Waals surface area (Å²) in [6.07, 6.45) is 3.17. The Hall–Kier alpha value is -1.55. The SMILES string of the molecule is Cn1c(=O)n(C)c2cc(CCCCN)ccc21. The van der Waals surface area contributed by atoms with Gasteiger partial charge in [0.25, 0.3) is 0 Å². The molecule has 0 fully saturated rings. The van der Waals surface area contributed by atoms with Gasteiger partial charge in [0.05, 0.1) is 11.0 Å². The van der Waals surface area contributed by atoms with Crippen LogP contribution in [0.3, 0.4) is 0 Å². The van der Waals surface area contributed by atoms with Crippen molar-refractivity contribution in [1.82, 2.24) is 9.13 Å². The van der Waals surface area contributed by atoms with E-state index in [1.165, 1.54) is 5.56 Å². The molecule has 2 rings (SSSR count). The first kappa shape index (κ1) is 11.9. The zero-order valence-electron chi connectivity index (χ0n) is 10.4. The fraction of sp³-hybridized carbons (Fsp3) is 0.462. The van der Waals surface area contributed by atoms with Crippen LogP contribution in [0.25, 0.3) is 11.0 Å². The monoisotopic (exact) mass is 233 g/mol. The fourth-order valence-electron chi connectivity index (χ4n) is 2.18. The van der Waals surface area contributed by atoms with E-state index in [1.54, 1.807) is 16.2 Å². The van der Waals surface area contributed by atoms with E-state index < -0.39 is 0 Å². The van der Waals surface area contributed by atoms with Gasteiger partial charge in [-0.2, -0.15) is 0 Å². The second-order valence-corrected chi connectivity index (χ2v) is 4.47. The maximum Gasteiger partial charge on any atom is 0.328 e. The third kappa shape index (κ3) is 2.13. The first-order valence-corrected chi connectivity index (χ1v) is 5.99. The third-order valence-corrected chi connectivity index (χ3v) is 3.26. The van der Waals surface area contributed by atoms with E-state index in [0.29, 0.717) is 0 Å². The minimum absolute atomic E-state index is 0.0270. The molecule has 2 aromatic rings. The molecular weight excluding hydrogens is 214 g/mol. The van der Waals surface area contributed by atoms with Gasteiger partial charge >= 0.3 is 5.69 Å². The van der Waals surface area contributed by atoms with Crippen molar-refractivity contribution >= 4 is 11.0 Å². The van der Waals surface area contributed by atoms with Gasteiger partial charge in [-0.25, -0.2) is 4.79 Å². The molecule has 0 aliphatic rings. The van der Waals surface area contributed by atoms with Gasteiger partial charge in [-0.3, -0.25) is 9.13 Å². The number of fused-ring (bicyclic) bond motifs is 1. The molecule has 0 saturated heterocycles. The Kier molecular flexibility index (Phi) is 3.33. The second-order valence-electron chi connectivity index (χ2n) is 4.47. The number of rotatable bonds is 4. The molecule has 17 heavy (non-hydrogen) atoms. The van der Waals surface area contributed by atoms with Crippen molar-refractivity contribution in [2.45, 2.75) is 19.3 Å². The highest BCUT2D eigenvalue weighted by atomic mass is 16.1. The van der Waals surface area contributed by atoms with Crippen molar-refractivity contribution in [1.29, 1.82) is 0 Å². The van der Waals surface area contributed by atoms with Gasteiger partial charge in [0.1, 0.15) is 0 Å². The minimum atomic E-state index is 0.0270. The molecule has 0 radical (unpaired) electrons. The van der Waals surface area contributed by atoms with Gasteiger partial charge in [0.15, 0.2) is 0 Å². The lowest BCUT2D eigenvalue weighted by atomic mass is 10.1. The van der Waals surface area contributed by atoms with Crippen LogP contribution in [0.2, 0.25) is 0 Å². The van der Waals surface area contributed by atoms with Gasteiger partial charge in [0.2, 0.25) is 0 Å². The highest BCUT2D eigenvalue weighted by molar-refractivity contribution is 5.76. The summed E-state index contributed by atoms with van der Waals surface area (Å²) >= 11 is 0. The summed E-state index contributed by atoms with van der Waals surface area (Å²) < 4.78 is 3.38. The standard InChI is InChI=1S/C13H19N3O/c1-15-11-7-6-10(5-3-4-8-14)9-12(11)16(2)13(15)17/h6-7,9H,3-5,8,14H2,1-2H3. The Morgan fingerprint density at radius 1 is 1.12 bits per heavy atom. The van der Waals surface area contributed by atoms with Gasteiger partial charge < -0.3 is 5.73 Å². The molecule has 0 saturated carbocycles. The lowest BCUT2D eigenvalue weighted by molar-refractivity contribution is 0.745. The first-order valence-electron chi connectivity index (χ1n) is 5.99. The Morgan fingerprint density at radius 2 is 1.82 bits per heavy atom. The largest absolute Gasteiger partial charge is 0.330 e. The van der Waals surface area contributed by atoms with Gasteiger partial charge in [-0.15, -0.1) is 0 Å². The number of aromatic nitrogens is 2. The molecule has 1 aromatic carbocycles. The number of nitrogens with zero attached hydrogens (tertiary/aromatic N) is 2. The summed E-state index contributed by atoms with van der Waals surface area (Å²) in [5.41, 5.74) is 8.77. The molecule has 2 N–H and O–H groups in total. The van der Waals surface area contributed by atoms with Crippen LogP contribution in [0.15, 0.2) is 23.0 Å². The fourth-order valence-corrected chi connectivity index (χ4v) is 2.18. The van der Waals surface area contributed by atoms with Crippen LogP contribution in [-0.2, 0) is 20.5 Å². The van der Waals surface area contributed by atoms with Crippen LogP contribution in [0, 0.1) is 0 Å². The Labute approximate surface area is 101 Å². The van der Waals surface area contributed by atoms with Crippen molar-refractivity contribution in [2.24, 2.45) is 19.8 Å². The average molecular weight is 233 g/mol. The zero-order chi connectivity index (χ0) is 12.4. The van der Waals surface area contributed by atoms with E-state index in [9.17, 15) is 4.79 Å². The summed E-state index contributed by atoms with van der Waals surface area (Å²) in [7, 11) is 3.62. The highest BCUT2D eigenvalue weighted by Gasteiger charge is 2.07. The van der Waals surface area contributed by atoms with Gasteiger partial charge in [-0.1, -0.05) is 6.07 Å². The van der Waals surface area contributed by atoms with E-state index in [1.807, 2.05) is 13.1 Å². The molecule has 92 valence electrons. The molecular formula is C13H19N3O. The molecule has 0 aliphatic carbocycles. The lowest BCUT2D eigenvalue weighted by Crippen LogP contribution is -2.19. The number of hydrogen-bond donors (Lipinski definition) is 1. The molecule has 0 bridgehead atoms. The molecule has 1 heterocycles. The van der Waals surface area contributed by atoms with Crippen molar-refractivity contribution < 1.29 is 0 Å². The van der Waals surface area contributed by atoms with Crippen LogP contribution in [0.4, 0.5) is 0 Å². The van der Waals surface area contributed by atoms with E-state index in [2.05, 4.69) is 12.1 Å². The molecule has 0 unspecified atom stereocenters. The van der Waals surface area contributed by atoms with E-state index in [4.69, 9.17) is 5.73 Å². The Balaban J connectivity index is 2.37. The number of hydrogen-bond acceptors (Lipinski definition) is 2. The van der Waals surface area contributed by atoms with Crippen molar-refractivity contribution in [3.8, 4) is 0 Å². The predicted octanol–water partition coefficient (Wildman–Crippen LogP) is 1.16. The summed E-state index contributed by atoms with van der Waals surface area (Å²) in [5.74, 6) is 0. The van der Waals surface area contributed by atoms with E-state index >= 15 is 0 Å². The maximum atomic E-state index is 11.8. The molecule has 0 spiro atoms. The smallest absolute Gasteiger partial charge is 0.328 e. The second kappa shape index (κ2) is 4.75. The Morgan fingerprint density at radius 3 is 2.53 bits per heavy atom. The zero-order valence-corrected chi connectivity index (χ0v) is 10.4. The average Bonchev–Trinajstić information content (AvgIpc) is 2.55. The van der Waals surface area contributed by atoms with Crippen molar-refractivity contribution in [3.63, 3.8) is 0 Å². The van der Waals surface area contributed by atoms with Gasteiger partial charge in [-0.05, 0) is 43.5 Å². The predicted molar refractivity (Wildman–Crippen MR) is 70.2 cm³/mol. The quantitative estimate of drug-likeness (QED) is 0.806. The summed E-state index contributed by atoms with van der Waals surface area (Å²) in [6.45, 7) is 0.742. The number of benzene rings is 1. The number of aryl methyl sites for hydroxylation is 3. The summed E-state index contributed by atoms with van der Waals surface area (Å²) in [6, 6.07) is 6.22. The molecule has 0 amide bonds. The number of nitrogens with two attached hydrogens (primary N) is 1. The Bertz CT molecular complexity index is 580. The number of imidazole rings is 1.